The third-order valence-electron chi connectivity index (χ3n) is 4.74. The number of ether oxygens (including phenoxy) is 1. The Morgan fingerprint density at radius 3 is 2.58 bits per heavy atom. The van der Waals surface area contributed by atoms with Crippen molar-refractivity contribution >= 4 is 38.3 Å². The Labute approximate surface area is 162 Å². The highest BCUT2D eigenvalue weighted by Gasteiger charge is 2.19. The maximum Gasteiger partial charge on any atom is 0.259 e. The van der Waals surface area contributed by atoms with Gasteiger partial charge in [-0.25, -0.2) is 0 Å². The van der Waals surface area contributed by atoms with Gasteiger partial charge in [0.15, 0.2) is 0 Å². The van der Waals surface area contributed by atoms with Gasteiger partial charge in [0.25, 0.3) is 5.91 Å². The topological polar surface area (TPSA) is 38.3 Å². The van der Waals surface area contributed by atoms with Crippen LogP contribution in [0.15, 0.2) is 59.1 Å². The monoisotopic (exact) mass is 411 g/mol. The molecule has 3 nitrogen and oxygen atoms in total. The molecule has 0 aliphatic rings. The first-order chi connectivity index (χ1) is 12.6. The van der Waals surface area contributed by atoms with Crippen LogP contribution in [-0.4, -0.2) is 13.0 Å². The van der Waals surface area contributed by atoms with Crippen molar-refractivity contribution in [3.05, 3.63) is 70.2 Å². The number of para-hydroxylation sites is 1. The van der Waals surface area contributed by atoms with E-state index in [1.807, 2.05) is 48.5 Å². The number of benzene rings is 3. The van der Waals surface area contributed by atoms with E-state index in [2.05, 4.69) is 41.2 Å². The number of anilines is 1. The van der Waals surface area contributed by atoms with E-state index in [-0.39, 0.29) is 5.91 Å². The van der Waals surface area contributed by atoms with Crippen molar-refractivity contribution in [1.82, 2.24) is 0 Å². The van der Waals surface area contributed by atoms with E-state index in [0.717, 1.165) is 32.9 Å². The van der Waals surface area contributed by atoms with E-state index < -0.39 is 0 Å². The molecule has 1 N–H and O–H groups in total. The number of hydrogen-bond acceptors (Lipinski definition) is 2. The number of carbonyl (C=O) groups is 1. The molecule has 1 atom stereocenters. The summed E-state index contributed by atoms with van der Waals surface area (Å²) in [6.07, 6.45) is 1.01. The molecule has 1 amide bonds. The molecule has 3 rings (SSSR count). The third kappa shape index (κ3) is 3.47. The molecular formula is C22H22BrNO2. The number of fused-ring (bicyclic) bond motifs is 1. The van der Waals surface area contributed by atoms with Gasteiger partial charge in [-0.2, -0.15) is 0 Å². The number of nitrogens with one attached hydrogen (secondary N) is 1. The number of carbonyl (C=O) groups excluding carboxylic acids is 1. The van der Waals surface area contributed by atoms with Gasteiger partial charge in [0.05, 0.1) is 17.1 Å². The van der Waals surface area contributed by atoms with Gasteiger partial charge in [-0.15, -0.1) is 0 Å². The summed E-state index contributed by atoms with van der Waals surface area (Å²) in [5.41, 5.74) is 2.50. The molecule has 0 aliphatic carbocycles. The van der Waals surface area contributed by atoms with Crippen LogP contribution in [0.5, 0.6) is 5.75 Å². The smallest absolute Gasteiger partial charge is 0.259 e. The lowest BCUT2D eigenvalue weighted by molar-refractivity contribution is 0.102. The number of halogens is 1. The van der Waals surface area contributed by atoms with Crippen LogP contribution in [-0.2, 0) is 0 Å². The molecule has 0 spiro atoms. The van der Waals surface area contributed by atoms with Crippen LogP contribution in [0.4, 0.5) is 5.69 Å². The average molecular weight is 412 g/mol. The summed E-state index contributed by atoms with van der Waals surface area (Å²) in [6, 6.07) is 17.7. The molecule has 3 aromatic carbocycles. The zero-order chi connectivity index (χ0) is 18.7. The average Bonchev–Trinajstić information content (AvgIpc) is 2.67. The molecule has 0 radical (unpaired) electrons. The lowest BCUT2D eigenvalue weighted by Gasteiger charge is -2.17. The quantitative estimate of drug-likeness (QED) is 0.528. The first kappa shape index (κ1) is 18.5. The number of rotatable bonds is 5. The Bertz CT molecular complexity index is 952. The highest BCUT2D eigenvalue weighted by atomic mass is 79.9. The second-order valence-corrected chi connectivity index (χ2v) is 7.14. The van der Waals surface area contributed by atoms with Gasteiger partial charge in [0, 0.05) is 5.69 Å². The van der Waals surface area contributed by atoms with Gasteiger partial charge in [0.1, 0.15) is 5.75 Å². The van der Waals surface area contributed by atoms with E-state index in [0.29, 0.717) is 17.2 Å². The molecule has 4 heteroatoms. The Morgan fingerprint density at radius 2 is 1.85 bits per heavy atom. The SMILES string of the molecule is CC[C@@H](C)c1ccccc1NC(=O)c1cc2ccccc2c(Br)c1OC. The fourth-order valence-corrected chi connectivity index (χ4v) is 3.84. The van der Waals surface area contributed by atoms with Crippen LogP contribution < -0.4 is 10.1 Å². The van der Waals surface area contributed by atoms with Crippen molar-refractivity contribution in [3.8, 4) is 5.75 Å². The standard InChI is InChI=1S/C22H22BrNO2/c1-4-14(2)16-10-7-8-12-19(16)24-22(25)18-13-15-9-5-6-11-17(15)20(23)21(18)26-3/h5-14H,4H2,1-3H3,(H,24,25)/t14-/m1/s1. The molecular weight excluding hydrogens is 390 g/mol. The molecule has 0 aromatic heterocycles. The minimum Gasteiger partial charge on any atom is -0.495 e. The minimum atomic E-state index is -0.177. The second kappa shape index (κ2) is 7.92. The van der Waals surface area contributed by atoms with Crippen molar-refractivity contribution < 1.29 is 9.53 Å². The number of methoxy groups -OCH3 is 1. The van der Waals surface area contributed by atoms with Crippen molar-refractivity contribution in [2.75, 3.05) is 12.4 Å². The number of amides is 1. The Morgan fingerprint density at radius 1 is 1.15 bits per heavy atom. The first-order valence-electron chi connectivity index (χ1n) is 8.72. The normalized spacial score (nSPS) is 12.0. The van der Waals surface area contributed by atoms with Gasteiger partial charge in [0.2, 0.25) is 0 Å². The molecule has 0 fully saturated rings. The molecule has 26 heavy (non-hydrogen) atoms. The summed E-state index contributed by atoms with van der Waals surface area (Å²) in [4.78, 5) is 13.0. The Balaban J connectivity index is 2.04. The largest absolute Gasteiger partial charge is 0.495 e. The minimum absolute atomic E-state index is 0.177. The summed E-state index contributed by atoms with van der Waals surface area (Å²) in [7, 11) is 1.58. The van der Waals surface area contributed by atoms with E-state index in [9.17, 15) is 4.79 Å². The van der Waals surface area contributed by atoms with Crippen molar-refractivity contribution in [2.45, 2.75) is 26.2 Å². The van der Waals surface area contributed by atoms with E-state index in [1.165, 1.54) is 0 Å². The van der Waals surface area contributed by atoms with Gasteiger partial charge in [-0.3, -0.25) is 4.79 Å². The van der Waals surface area contributed by atoms with Crippen molar-refractivity contribution in [1.29, 1.82) is 0 Å². The molecule has 0 unspecified atom stereocenters. The summed E-state index contributed by atoms with van der Waals surface area (Å²) in [5.74, 6) is 0.739. The summed E-state index contributed by atoms with van der Waals surface area (Å²) in [6.45, 7) is 4.31. The molecule has 0 saturated heterocycles. The van der Waals surface area contributed by atoms with Crippen molar-refractivity contribution in [3.63, 3.8) is 0 Å². The molecule has 0 aliphatic heterocycles. The molecule has 0 heterocycles. The van der Waals surface area contributed by atoms with Gasteiger partial charge >= 0.3 is 0 Å². The van der Waals surface area contributed by atoms with Crippen LogP contribution in [0.1, 0.15) is 42.1 Å². The highest BCUT2D eigenvalue weighted by Crippen LogP contribution is 2.37. The van der Waals surface area contributed by atoms with Gasteiger partial charge in [-0.1, -0.05) is 56.3 Å². The molecule has 0 bridgehead atoms. The van der Waals surface area contributed by atoms with E-state index in [1.54, 1.807) is 7.11 Å². The summed E-state index contributed by atoms with van der Waals surface area (Å²) < 4.78 is 6.32. The Kier molecular flexibility index (Phi) is 5.62. The maximum atomic E-state index is 13.0. The zero-order valence-electron chi connectivity index (χ0n) is 15.2. The highest BCUT2D eigenvalue weighted by molar-refractivity contribution is 9.10. The van der Waals surface area contributed by atoms with Crippen LogP contribution in [0, 0.1) is 0 Å². The summed E-state index contributed by atoms with van der Waals surface area (Å²) in [5, 5.41) is 5.07. The van der Waals surface area contributed by atoms with E-state index in [4.69, 9.17) is 4.74 Å². The van der Waals surface area contributed by atoms with Crippen LogP contribution >= 0.6 is 15.9 Å². The lowest BCUT2D eigenvalue weighted by atomic mass is 9.96. The van der Waals surface area contributed by atoms with Gasteiger partial charge < -0.3 is 10.1 Å². The fourth-order valence-electron chi connectivity index (χ4n) is 3.10. The Hall–Kier alpha value is -2.33. The molecule has 134 valence electrons. The first-order valence-corrected chi connectivity index (χ1v) is 9.51. The van der Waals surface area contributed by atoms with E-state index >= 15 is 0 Å². The molecule has 3 aromatic rings. The number of hydrogen-bond donors (Lipinski definition) is 1. The maximum absolute atomic E-state index is 13.0. The van der Waals surface area contributed by atoms with Crippen LogP contribution in [0.25, 0.3) is 10.8 Å². The predicted octanol–water partition coefficient (Wildman–Crippen LogP) is 6.38. The zero-order valence-corrected chi connectivity index (χ0v) is 16.8. The predicted molar refractivity (Wildman–Crippen MR) is 111 cm³/mol. The third-order valence-corrected chi connectivity index (χ3v) is 5.53. The summed E-state index contributed by atoms with van der Waals surface area (Å²) >= 11 is 3.59. The molecule has 0 saturated carbocycles. The van der Waals surface area contributed by atoms with Crippen LogP contribution in [0.3, 0.4) is 0 Å². The second-order valence-electron chi connectivity index (χ2n) is 6.34. The van der Waals surface area contributed by atoms with Gasteiger partial charge in [-0.05, 0) is 56.7 Å². The van der Waals surface area contributed by atoms with Crippen molar-refractivity contribution in [2.24, 2.45) is 0 Å². The van der Waals surface area contributed by atoms with Crippen LogP contribution in [0.2, 0.25) is 0 Å². The lowest BCUT2D eigenvalue weighted by Crippen LogP contribution is -2.15. The fraction of sp³-hybridized carbons (Fsp3) is 0.227.